The summed E-state index contributed by atoms with van der Waals surface area (Å²) in [6, 6.07) is 26.4. The zero-order valence-electron chi connectivity index (χ0n) is 75.4. The highest BCUT2D eigenvalue weighted by atomic mass is 14.2. The van der Waals surface area contributed by atoms with Gasteiger partial charge >= 0.3 is 0 Å². The van der Waals surface area contributed by atoms with Gasteiger partial charge in [0.05, 0.1) is 0 Å². The molecule has 622 valence electrons. The molecule has 0 saturated carbocycles. The summed E-state index contributed by atoms with van der Waals surface area (Å²) < 4.78 is 0. The Hall–Kier alpha value is -5.46. The fourth-order valence-electron chi connectivity index (χ4n) is 17.3. The largest absolute Gasteiger partial charge is 0.0985 e. The number of rotatable bonds is 70. The van der Waals surface area contributed by atoms with Crippen molar-refractivity contribution in [3.05, 3.63) is 185 Å². The molecule has 0 spiro atoms. The van der Waals surface area contributed by atoms with Crippen LogP contribution in [-0.4, -0.2) is 0 Å². The summed E-state index contributed by atoms with van der Waals surface area (Å²) in [7, 11) is 0. The van der Waals surface area contributed by atoms with Gasteiger partial charge in [-0.25, -0.2) is 0 Å². The molecular weight excluding hydrogens is 1350 g/mol. The van der Waals surface area contributed by atoms with Gasteiger partial charge in [0, 0.05) is 0 Å². The number of benzene rings is 5. The lowest BCUT2D eigenvalue weighted by Crippen LogP contribution is -2.00. The van der Waals surface area contributed by atoms with Crippen LogP contribution < -0.4 is 0 Å². The molecule has 0 nitrogen and oxygen atoms in total. The van der Waals surface area contributed by atoms with E-state index in [1.165, 1.54) is 432 Å². The van der Waals surface area contributed by atoms with E-state index in [9.17, 15) is 0 Å². The third kappa shape index (κ3) is 39.5. The van der Waals surface area contributed by atoms with E-state index >= 15 is 0 Å². The Kier molecular flexibility index (Phi) is 55.3. The van der Waals surface area contributed by atoms with Gasteiger partial charge in [0.15, 0.2) is 0 Å². The molecule has 0 fully saturated rings. The molecule has 0 aliphatic rings. The third-order valence-corrected chi connectivity index (χ3v) is 24.7. The SMILES string of the molecule is C=Cc1cc(CCCCCCC)c(/C=C/c2cc(CCCCCCC)c(/C=C/c3cc(CCCCCCC)c(/C=C/c4cc(CCCCCCC)c(/C=C/c5cc(CCCCCCC)c(C=C)cc5CCCCCCC)cc4CCCCCCC)cc3CCCCCCC)cc2CCCCCCC)cc1CCCCCCC. The van der Waals surface area contributed by atoms with E-state index in [0.29, 0.717) is 0 Å². The molecule has 0 heteroatoms. The van der Waals surface area contributed by atoms with E-state index in [0.717, 1.165) is 64.2 Å². The zero-order valence-corrected chi connectivity index (χ0v) is 75.4. The summed E-state index contributed by atoms with van der Waals surface area (Å²) in [5.74, 6) is 0. The lowest BCUT2D eigenvalue weighted by molar-refractivity contribution is 0.629. The molecule has 0 bridgehead atoms. The third-order valence-electron chi connectivity index (χ3n) is 24.7. The van der Waals surface area contributed by atoms with Crippen LogP contribution in [0.15, 0.2) is 73.8 Å². The molecule has 0 heterocycles. The minimum atomic E-state index is 1.12. The van der Waals surface area contributed by atoms with Gasteiger partial charge in [0.25, 0.3) is 0 Å². The van der Waals surface area contributed by atoms with Gasteiger partial charge in [-0.05, 0) is 240 Å². The maximum Gasteiger partial charge on any atom is -0.0221 e. The molecule has 0 aliphatic carbocycles. The van der Waals surface area contributed by atoms with E-state index in [4.69, 9.17) is 0 Å². The molecule has 0 radical (unpaired) electrons. The average molecular weight is 1520 g/mol. The zero-order chi connectivity index (χ0) is 80.1. The number of unbranched alkanes of at least 4 members (excludes halogenated alkanes) is 40. The smallest absolute Gasteiger partial charge is 0.0221 e. The van der Waals surface area contributed by atoms with Gasteiger partial charge in [-0.1, -0.05) is 461 Å². The molecule has 0 saturated heterocycles. The van der Waals surface area contributed by atoms with E-state index in [1.807, 2.05) is 0 Å². The first-order valence-electron chi connectivity index (χ1n) is 48.9. The molecule has 0 N–H and O–H groups in total. The maximum absolute atomic E-state index is 4.40. The predicted molar refractivity (Wildman–Crippen MR) is 513 cm³/mol. The lowest BCUT2D eigenvalue weighted by Gasteiger charge is -2.17. The number of aryl methyl sites for hydroxylation is 10. The second-order valence-electron chi connectivity index (χ2n) is 34.6. The van der Waals surface area contributed by atoms with Crippen LogP contribution in [0.1, 0.15) is 502 Å². The first-order valence-corrected chi connectivity index (χ1v) is 48.9. The molecule has 112 heavy (non-hydrogen) atoms. The Labute approximate surface area is 695 Å². The summed E-state index contributed by atoms with van der Waals surface area (Å²) in [6.45, 7) is 32.3. The fourth-order valence-corrected chi connectivity index (χ4v) is 17.3. The standard InChI is InChI=1S/C112H174/c1-13-25-35-45-55-65-95-85-105(97(83-93(95)23-11)67-57-47-37-27-15-3)75-77-107-87-101(71-61-51-41-31-19-7)109(89-99(107)69-59-49-39-29-17-5)79-81-111-91-104(74-64-54-44-34-22-10)112(92-103(111)73-63-53-43-33-21-9)82-80-110-90-100(70-60-50-40-30-18-6)108(88-102(110)72-62-52-42-32-20-8)78-76-106-86-96(66-56-46-36-26-14-2)94(24-12)84-98(106)68-58-48-38-28-16-4/h23-24,75-92H,11-22,25-74H2,1-10H3/b77-75+,78-76+,81-79+,82-80+. The normalized spacial score (nSPS) is 11.9. The van der Waals surface area contributed by atoms with Gasteiger partial charge in [0.2, 0.25) is 0 Å². The van der Waals surface area contributed by atoms with E-state index in [1.54, 1.807) is 0 Å². The molecule has 0 aromatic heterocycles. The van der Waals surface area contributed by atoms with Gasteiger partial charge < -0.3 is 0 Å². The average Bonchev–Trinajstić information content (AvgIpc) is 0.804. The van der Waals surface area contributed by atoms with E-state index in [2.05, 4.69) is 204 Å². The van der Waals surface area contributed by atoms with Crippen molar-refractivity contribution in [1.82, 2.24) is 0 Å². The van der Waals surface area contributed by atoms with E-state index < -0.39 is 0 Å². The lowest BCUT2D eigenvalue weighted by atomic mass is 9.88. The van der Waals surface area contributed by atoms with Crippen LogP contribution in [0.25, 0.3) is 60.8 Å². The van der Waals surface area contributed by atoms with Crippen LogP contribution in [0.3, 0.4) is 0 Å². The van der Waals surface area contributed by atoms with Crippen LogP contribution in [0.5, 0.6) is 0 Å². The molecule has 5 aromatic rings. The molecule has 5 aromatic carbocycles. The fraction of sp³-hybridized carbons (Fsp3) is 0.625. The molecular formula is C112H174. The van der Waals surface area contributed by atoms with Gasteiger partial charge in [-0.3, -0.25) is 0 Å². The molecule has 0 amide bonds. The summed E-state index contributed by atoms with van der Waals surface area (Å²) in [5, 5.41) is 0. The Morgan fingerprint density at radius 2 is 0.241 bits per heavy atom. The summed E-state index contributed by atoms with van der Waals surface area (Å²) in [6.07, 6.45) is 101. The van der Waals surface area contributed by atoms with Crippen LogP contribution in [0.2, 0.25) is 0 Å². The van der Waals surface area contributed by atoms with Crippen LogP contribution in [-0.2, 0) is 64.2 Å². The second-order valence-corrected chi connectivity index (χ2v) is 34.6. The first kappa shape index (κ1) is 97.1. The summed E-state index contributed by atoms with van der Waals surface area (Å²) >= 11 is 0. The number of hydrogen-bond donors (Lipinski definition) is 0. The Morgan fingerprint density at radius 3 is 0.348 bits per heavy atom. The van der Waals surface area contributed by atoms with Crippen molar-refractivity contribution >= 4 is 60.8 Å². The van der Waals surface area contributed by atoms with Gasteiger partial charge in [-0.15, -0.1) is 0 Å². The van der Waals surface area contributed by atoms with Crippen molar-refractivity contribution in [1.29, 1.82) is 0 Å². The Bertz CT molecular complexity index is 3170. The number of hydrogen-bond acceptors (Lipinski definition) is 0. The van der Waals surface area contributed by atoms with Gasteiger partial charge in [0.1, 0.15) is 0 Å². The van der Waals surface area contributed by atoms with Crippen LogP contribution >= 0.6 is 0 Å². The monoisotopic (exact) mass is 1520 g/mol. The summed E-state index contributed by atoms with van der Waals surface area (Å²) in [5.41, 5.74) is 29.5. The van der Waals surface area contributed by atoms with Crippen molar-refractivity contribution in [2.75, 3.05) is 0 Å². The molecule has 0 atom stereocenters. The van der Waals surface area contributed by atoms with Gasteiger partial charge in [-0.2, -0.15) is 0 Å². The maximum atomic E-state index is 4.40. The van der Waals surface area contributed by atoms with Crippen molar-refractivity contribution in [2.24, 2.45) is 0 Å². The topological polar surface area (TPSA) is 0 Å². The predicted octanol–water partition coefficient (Wildman–Crippen LogP) is 36.8. The van der Waals surface area contributed by atoms with Crippen molar-refractivity contribution < 1.29 is 0 Å². The molecule has 5 rings (SSSR count). The Balaban J connectivity index is 1.76. The van der Waals surface area contributed by atoms with Crippen molar-refractivity contribution in [2.45, 2.75) is 454 Å². The highest BCUT2D eigenvalue weighted by Gasteiger charge is 2.17. The Morgan fingerprint density at radius 1 is 0.143 bits per heavy atom. The molecule has 0 aliphatic heterocycles. The van der Waals surface area contributed by atoms with Crippen molar-refractivity contribution in [3.63, 3.8) is 0 Å². The van der Waals surface area contributed by atoms with E-state index in [-0.39, 0.29) is 0 Å². The highest BCUT2D eigenvalue weighted by Crippen LogP contribution is 2.34. The summed E-state index contributed by atoms with van der Waals surface area (Å²) in [4.78, 5) is 0. The quantitative estimate of drug-likeness (QED) is 0.0269. The minimum absolute atomic E-state index is 1.12. The highest BCUT2D eigenvalue weighted by molar-refractivity contribution is 5.82. The van der Waals surface area contributed by atoms with Crippen LogP contribution in [0, 0.1) is 0 Å². The molecule has 0 unspecified atom stereocenters. The second kappa shape index (κ2) is 63.7. The van der Waals surface area contributed by atoms with Crippen LogP contribution in [0.4, 0.5) is 0 Å². The van der Waals surface area contributed by atoms with Crippen molar-refractivity contribution in [3.8, 4) is 0 Å². The minimum Gasteiger partial charge on any atom is -0.0985 e. The first-order chi connectivity index (χ1) is 55.1.